The van der Waals surface area contributed by atoms with E-state index in [0.29, 0.717) is 11.4 Å². The molecular formula is C26H24N4O2. The zero-order valence-corrected chi connectivity index (χ0v) is 18.2. The quantitative estimate of drug-likeness (QED) is 0.452. The van der Waals surface area contributed by atoms with Gasteiger partial charge in [-0.3, -0.25) is 9.59 Å². The van der Waals surface area contributed by atoms with E-state index in [-0.39, 0.29) is 11.8 Å². The molecule has 0 fully saturated rings. The van der Waals surface area contributed by atoms with Gasteiger partial charge in [-0.1, -0.05) is 42.5 Å². The second kappa shape index (κ2) is 8.89. The molecule has 0 saturated heterocycles. The molecule has 32 heavy (non-hydrogen) atoms. The average molecular weight is 425 g/mol. The van der Waals surface area contributed by atoms with Crippen molar-refractivity contribution in [2.45, 2.75) is 20.8 Å². The minimum absolute atomic E-state index is 0.183. The van der Waals surface area contributed by atoms with Crippen molar-refractivity contribution in [3.63, 3.8) is 0 Å². The molecule has 2 amide bonds. The maximum Gasteiger partial charge on any atom is 0.255 e. The Bertz CT molecular complexity index is 1280. The summed E-state index contributed by atoms with van der Waals surface area (Å²) in [6.45, 7) is 5.36. The van der Waals surface area contributed by atoms with Gasteiger partial charge in [0, 0.05) is 23.7 Å². The van der Waals surface area contributed by atoms with Gasteiger partial charge in [-0.05, 0) is 61.4 Å². The minimum Gasteiger partial charge on any atom is -0.322 e. The Hall–Kier alpha value is -4.19. The first-order chi connectivity index (χ1) is 15.4. The van der Waals surface area contributed by atoms with Crippen LogP contribution in [0.3, 0.4) is 0 Å². The highest BCUT2D eigenvalue weighted by Crippen LogP contribution is 2.33. The number of hydrogen-bond donors (Lipinski definition) is 2. The SMILES string of the molecule is CC(=O)Nc1c(-c2ccccc2)c(C)nn1-c1ccc(C(=O)Nc2cccc(C)c2)cc1. The lowest BCUT2D eigenvalue weighted by atomic mass is 10.1. The van der Waals surface area contributed by atoms with Crippen molar-refractivity contribution >= 4 is 23.3 Å². The number of nitrogens with zero attached hydrogens (tertiary/aromatic N) is 2. The third-order valence-corrected chi connectivity index (χ3v) is 5.07. The zero-order chi connectivity index (χ0) is 22.7. The normalized spacial score (nSPS) is 10.6. The molecule has 1 heterocycles. The zero-order valence-electron chi connectivity index (χ0n) is 18.2. The summed E-state index contributed by atoms with van der Waals surface area (Å²) in [5.74, 6) is 0.224. The summed E-state index contributed by atoms with van der Waals surface area (Å²) in [4.78, 5) is 24.6. The van der Waals surface area contributed by atoms with Gasteiger partial charge in [0.2, 0.25) is 5.91 Å². The van der Waals surface area contributed by atoms with Crippen LogP contribution in [0, 0.1) is 13.8 Å². The van der Waals surface area contributed by atoms with Crippen LogP contribution in [-0.2, 0) is 4.79 Å². The van der Waals surface area contributed by atoms with Crippen LogP contribution in [0.25, 0.3) is 16.8 Å². The van der Waals surface area contributed by atoms with Crippen LogP contribution in [0.15, 0.2) is 78.9 Å². The van der Waals surface area contributed by atoms with Crippen molar-refractivity contribution in [1.29, 1.82) is 0 Å². The summed E-state index contributed by atoms with van der Waals surface area (Å²) < 4.78 is 1.70. The molecule has 2 N–H and O–H groups in total. The molecule has 0 spiro atoms. The topological polar surface area (TPSA) is 76.0 Å². The van der Waals surface area contributed by atoms with E-state index >= 15 is 0 Å². The van der Waals surface area contributed by atoms with Crippen LogP contribution < -0.4 is 10.6 Å². The van der Waals surface area contributed by atoms with Crippen molar-refractivity contribution in [2.75, 3.05) is 10.6 Å². The van der Waals surface area contributed by atoms with Gasteiger partial charge in [0.15, 0.2) is 0 Å². The fourth-order valence-electron chi connectivity index (χ4n) is 3.63. The van der Waals surface area contributed by atoms with Gasteiger partial charge in [0.05, 0.1) is 11.4 Å². The van der Waals surface area contributed by atoms with Gasteiger partial charge in [0.25, 0.3) is 5.91 Å². The van der Waals surface area contributed by atoms with Gasteiger partial charge in [-0.2, -0.15) is 5.10 Å². The molecule has 0 unspecified atom stereocenters. The molecule has 0 aliphatic heterocycles. The molecule has 0 saturated carbocycles. The smallest absolute Gasteiger partial charge is 0.255 e. The average Bonchev–Trinajstić information content (AvgIpc) is 3.09. The van der Waals surface area contributed by atoms with Crippen molar-refractivity contribution in [2.24, 2.45) is 0 Å². The standard InChI is InChI=1S/C26H24N4O2/c1-17-8-7-11-22(16-17)28-26(32)21-12-14-23(15-13-21)30-25(27-19(3)31)24(18(2)29-30)20-9-5-4-6-10-20/h4-16H,1-3H3,(H,27,31)(H,28,32). The lowest BCUT2D eigenvalue weighted by molar-refractivity contribution is -0.114. The Morgan fingerprint density at radius 3 is 2.22 bits per heavy atom. The fourth-order valence-corrected chi connectivity index (χ4v) is 3.63. The van der Waals surface area contributed by atoms with Gasteiger partial charge in [-0.15, -0.1) is 0 Å². The van der Waals surface area contributed by atoms with E-state index in [9.17, 15) is 9.59 Å². The number of carbonyl (C=O) groups excluding carboxylic acids is 2. The number of aromatic nitrogens is 2. The van der Waals surface area contributed by atoms with Crippen LogP contribution in [0.1, 0.15) is 28.5 Å². The van der Waals surface area contributed by atoms with Crippen LogP contribution in [0.4, 0.5) is 11.5 Å². The van der Waals surface area contributed by atoms with Gasteiger partial charge < -0.3 is 10.6 Å². The number of amides is 2. The van der Waals surface area contributed by atoms with Crippen LogP contribution in [0.2, 0.25) is 0 Å². The molecule has 4 rings (SSSR count). The lowest BCUT2D eigenvalue weighted by Crippen LogP contribution is -2.13. The predicted molar refractivity (Wildman–Crippen MR) is 127 cm³/mol. The Balaban J connectivity index is 1.66. The first-order valence-corrected chi connectivity index (χ1v) is 10.3. The molecule has 0 aliphatic carbocycles. The third kappa shape index (κ3) is 4.44. The van der Waals surface area contributed by atoms with Crippen molar-refractivity contribution in [3.05, 3.63) is 95.7 Å². The molecule has 6 heteroatoms. The summed E-state index contributed by atoms with van der Waals surface area (Å²) in [7, 11) is 0. The fraction of sp³-hybridized carbons (Fsp3) is 0.115. The summed E-state index contributed by atoms with van der Waals surface area (Å²) in [5, 5.41) is 10.5. The number of hydrogen-bond acceptors (Lipinski definition) is 3. The number of benzene rings is 3. The Morgan fingerprint density at radius 2 is 1.56 bits per heavy atom. The third-order valence-electron chi connectivity index (χ3n) is 5.07. The van der Waals surface area contributed by atoms with E-state index in [2.05, 4.69) is 15.7 Å². The van der Waals surface area contributed by atoms with Crippen LogP contribution in [-0.4, -0.2) is 21.6 Å². The molecule has 0 aliphatic rings. The maximum absolute atomic E-state index is 12.6. The highest BCUT2D eigenvalue weighted by atomic mass is 16.2. The first-order valence-electron chi connectivity index (χ1n) is 10.3. The first kappa shape index (κ1) is 21.1. The van der Waals surface area contributed by atoms with E-state index < -0.39 is 0 Å². The summed E-state index contributed by atoms with van der Waals surface area (Å²) in [5.41, 5.74) is 5.72. The number of rotatable bonds is 5. The summed E-state index contributed by atoms with van der Waals surface area (Å²) >= 11 is 0. The molecule has 3 aromatic carbocycles. The molecule has 4 aromatic rings. The highest BCUT2D eigenvalue weighted by molar-refractivity contribution is 6.04. The van der Waals surface area contributed by atoms with Gasteiger partial charge >= 0.3 is 0 Å². The Labute approximate surface area is 186 Å². The highest BCUT2D eigenvalue weighted by Gasteiger charge is 2.19. The van der Waals surface area contributed by atoms with E-state index in [1.54, 1.807) is 16.8 Å². The lowest BCUT2D eigenvalue weighted by Gasteiger charge is -2.11. The molecule has 0 radical (unpaired) electrons. The van der Waals surface area contributed by atoms with E-state index in [4.69, 9.17) is 0 Å². The molecule has 6 nitrogen and oxygen atoms in total. The minimum atomic E-state index is -0.189. The number of carbonyl (C=O) groups is 2. The van der Waals surface area contributed by atoms with E-state index in [1.165, 1.54) is 6.92 Å². The largest absolute Gasteiger partial charge is 0.322 e. The van der Waals surface area contributed by atoms with Crippen molar-refractivity contribution in [1.82, 2.24) is 9.78 Å². The van der Waals surface area contributed by atoms with Gasteiger partial charge in [0.1, 0.15) is 5.82 Å². The Morgan fingerprint density at radius 1 is 0.844 bits per heavy atom. The number of anilines is 2. The van der Waals surface area contributed by atoms with Crippen LogP contribution in [0.5, 0.6) is 0 Å². The van der Waals surface area contributed by atoms with E-state index in [1.807, 2.05) is 80.6 Å². The summed E-state index contributed by atoms with van der Waals surface area (Å²) in [6, 6.07) is 24.6. The number of nitrogens with one attached hydrogen (secondary N) is 2. The molecule has 160 valence electrons. The summed E-state index contributed by atoms with van der Waals surface area (Å²) in [6.07, 6.45) is 0. The van der Waals surface area contributed by atoms with Crippen molar-refractivity contribution in [3.8, 4) is 16.8 Å². The second-order valence-corrected chi connectivity index (χ2v) is 7.64. The molecule has 0 bridgehead atoms. The second-order valence-electron chi connectivity index (χ2n) is 7.64. The molecular weight excluding hydrogens is 400 g/mol. The van der Waals surface area contributed by atoms with E-state index in [0.717, 1.165) is 33.8 Å². The van der Waals surface area contributed by atoms with Gasteiger partial charge in [-0.25, -0.2) is 4.68 Å². The van der Waals surface area contributed by atoms with Crippen molar-refractivity contribution < 1.29 is 9.59 Å². The monoisotopic (exact) mass is 424 g/mol. The molecule has 0 atom stereocenters. The van der Waals surface area contributed by atoms with Crippen LogP contribution >= 0.6 is 0 Å². The molecule has 1 aromatic heterocycles. The number of aryl methyl sites for hydroxylation is 2. The maximum atomic E-state index is 12.6. The predicted octanol–water partition coefficient (Wildman–Crippen LogP) is 5.37. The Kier molecular flexibility index (Phi) is 5.85.